The van der Waals surface area contributed by atoms with Crippen LogP contribution in [0.3, 0.4) is 0 Å². The van der Waals surface area contributed by atoms with Gasteiger partial charge in [-0.1, -0.05) is 199 Å². The third-order valence-electron chi connectivity index (χ3n) is 12.2. The van der Waals surface area contributed by atoms with Crippen molar-refractivity contribution in [2.45, 2.75) is 110 Å². The first kappa shape index (κ1) is 44.0. The van der Waals surface area contributed by atoms with Gasteiger partial charge < -0.3 is 8.85 Å². The largest absolute Gasteiger partial charge is 0.534 e. The zero-order valence-electron chi connectivity index (χ0n) is 37.3. The summed E-state index contributed by atoms with van der Waals surface area (Å²) in [5, 5.41) is 4.79. The van der Waals surface area contributed by atoms with Gasteiger partial charge in [-0.25, -0.2) is 0 Å². The second kappa shape index (κ2) is 18.8. The molecule has 5 heteroatoms. The molecule has 308 valence electrons. The van der Waals surface area contributed by atoms with Crippen molar-refractivity contribution >= 4 is 37.4 Å². The van der Waals surface area contributed by atoms with Crippen LogP contribution < -0.4 is 25.2 Å². The highest BCUT2D eigenvalue weighted by Gasteiger charge is 2.53. The SMILES string of the molecule is CC(C)N(CCC(c1ccccc1)c1cc(CO[Si](c2ccccc2)(c2ccccc2)C(C)(C)C)ccc1O[Si](c1ccccc1)(c1ccccc1)C(C)(C)C)C(C)C. The lowest BCUT2D eigenvalue weighted by Gasteiger charge is -2.44. The smallest absolute Gasteiger partial charge is 0.319 e. The van der Waals surface area contributed by atoms with Crippen LogP contribution in [0.4, 0.5) is 0 Å². The Balaban J connectivity index is 1.56. The minimum absolute atomic E-state index is 0.0947. The molecule has 0 saturated heterocycles. The number of hydrogen-bond acceptors (Lipinski definition) is 3. The molecule has 0 radical (unpaired) electrons. The van der Waals surface area contributed by atoms with E-state index < -0.39 is 16.6 Å². The van der Waals surface area contributed by atoms with Gasteiger partial charge in [0.1, 0.15) is 5.75 Å². The van der Waals surface area contributed by atoms with Gasteiger partial charge in [0.25, 0.3) is 8.32 Å². The molecule has 0 bridgehead atoms. The average molecular weight is 818 g/mol. The number of rotatable bonds is 16. The molecule has 0 saturated carbocycles. The van der Waals surface area contributed by atoms with Crippen LogP contribution in [0.5, 0.6) is 5.75 Å². The molecule has 0 aromatic heterocycles. The highest BCUT2D eigenvalue weighted by Crippen LogP contribution is 2.43. The molecule has 0 heterocycles. The summed E-state index contributed by atoms with van der Waals surface area (Å²) in [7, 11) is -5.75. The maximum Gasteiger partial charge on any atom is 0.319 e. The first-order chi connectivity index (χ1) is 28.2. The molecule has 3 nitrogen and oxygen atoms in total. The van der Waals surface area contributed by atoms with Crippen LogP contribution in [0.2, 0.25) is 10.1 Å². The Labute approximate surface area is 358 Å². The van der Waals surface area contributed by atoms with Crippen molar-refractivity contribution in [3.8, 4) is 5.75 Å². The maximum absolute atomic E-state index is 7.96. The Kier molecular flexibility index (Phi) is 14.0. The Hall–Kier alpha value is -4.53. The van der Waals surface area contributed by atoms with E-state index >= 15 is 0 Å². The molecule has 6 aromatic carbocycles. The Morgan fingerprint density at radius 1 is 0.492 bits per heavy atom. The van der Waals surface area contributed by atoms with Gasteiger partial charge in [0.15, 0.2) is 0 Å². The predicted octanol–water partition coefficient (Wildman–Crippen LogP) is 11.3. The summed E-state index contributed by atoms with van der Waals surface area (Å²) < 4.78 is 15.5. The number of hydrogen-bond donors (Lipinski definition) is 0. The predicted molar refractivity (Wildman–Crippen MR) is 257 cm³/mol. The topological polar surface area (TPSA) is 21.7 Å². The molecule has 1 unspecified atom stereocenters. The van der Waals surface area contributed by atoms with Crippen LogP contribution in [-0.4, -0.2) is 40.2 Å². The first-order valence-corrected chi connectivity index (χ1v) is 25.5. The van der Waals surface area contributed by atoms with E-state index in [0.29, 0.717) is 18.7 Å². The minimum Gasteiger partial charge on any atom is -0.534 e. The third kappa shape index (κ3) is 9.45. The summed E-state index contributed by atoms with van der Waals surface area (Å²) in [5.74, 6) is 1.06. The van der Waals surface area contributed by atoms with Crippen LogP contribution in [0.25, 0.3) is 0 Å². The van der Waals surface area contributed by atoms with Crippen molar-refractivity contribution in [2.24, 2.45) is 0 Å². The summed E-state index contributed by atoms with van der Waals surface area (Å²) in [4.78, 5) is 2.62. The third-order valence-corrected chi connectivity index (χ3v) is 22.1. The van der Waals surface area contributed by atoms with Gasteiger partial charge in [0.2, 0.25) is 0 Å². The summed E-state index contributed by atoms with van der Waals surface area (Å²) in [6, 6.07) is 62.9. The van der Waals surface area contributed by atoms with Gasteiger partial charge >= 0.3 is 8.32 Å². The fourth-order valence-corrected chi connectivity index (χ4v) is 18.4. The van der Waals surface area contributed by atoms with E-state index in [0.717, 1.165) is 24.3 Å². The fraction of sp³-hybridized carbons (Fsp3) is 0.333. The second-order valence-corrected chi connectivity index (χ2v) is 27.3. The lowest BCUT2D eigenvalue weighted by atomic mass is 9.86. The van der Waals surface area contributed by atoms with E-state index in [-0.39, 0.29) is 16.0 Å². The molecule has 6 aromatic rings. The molecule has 0 aliphatic rings. The Morgan fingerprint density at radius 3 is 1.27 bits per heavy atom. The normalized spacial score (nSPS) is 13.2. The first-order valence-electron chi connectivity index (χ1n) is 21.7. The van der Waals surface area contributed by atoms with E-state index in [1.54, 1.807) is 0 Å². The highest BCUT2D eigenvalue weighted by molar-refractivity contribution is 7.00. The number of nitrogens with zero attached hydrogens (tertiary/aromatic N) is 1. The molecule has 0 amide bonds. The van der Waals surface area contributed by atoms with E-state index in [1.165, 1.54) is 31.9 Å². The molecular weight excluding hydrogens is 751 g/mol. The lowest BCUT2D eigenvalue weighted by Crippen LogP contribution is -2.69. The Morgan fingerprint density at radius 2 is 0.881 bits per heavy atom. The molecular formula is C54H67NO2Si2. The van der Waals surface area contributed by atoms with Crippen molar-refractivity contribution in [1.29, 1.82) is 0 Å². The van der Waals surface area contributed by atoms with Crippen molar-refractivity contribution < 1.29 is 8.85 Å². The van der Waals surface area contributed by atoms with Gasteiger partial charge in [-0.2, -0.15) is 0 Å². The van der Waals surface area contributed by atoms with Gasteiger partial charge in [-0.05, 0) is 94.7 Å². The van der Waals surface area contributed by atoms with E-state index in [2.05, 4.69) is 244 Å². The van der Waals surface area contributed by atoms with Crippen molar-refractivity contribution in [2.75, 3.05) is 6.54 Å². The summed E-state index contributed by atoms with van der Waals surface area (Å²) >= 11 is 0. The standard InChI is InChI=1S/C54H67NO2Si2/c1-42(2)55(43(3)4)39-38-50(45-26-16-11-17-27-45)51-40-44(41-56-58(53(5,6)7,46-28-18-12-19-29-46)47-30-20-13-21-31-47)36-37-52(51)57-59(54(8,9)10,48-32-22-14-23-33-48)49-34-24-15-25-35-49/h11-37,40,42-43,50H,38-39,41H2,1-10H3. The molecule has 0 aliphatic carbocycles. The average Bonchev–Trinajstić information content (AvgIpc) is 3.22. The Bertz CT molecular complexity index is 2090. The quantitative estimate of drug-likeness (QED) is 0.0908. The van der Waals surface area contributed by atoms with Crippen molar-refractivity contribution in [3.05, 3.63) is 187 Å². The summed E-state index contributed by atoms with van der Waals surface area (Å²) in [6.45, 7) is 24.9. The molecule has 0 spiro atoms. The zero-order valence-corrected chi connectivity index (χ0v) is 39.3. The fourth-order valence-electron chi connectivity index (χ4n) is 9.40. The molecule has 1 atom stereocenters. The van der Waals surface area contributed by atoms with Crippen molar-refractivity contribution in [1.82, 2.24) is 4.90 Å². The van der Waals surface area contributed by atoms with Crippen LogP contribution >= 0.6 is 0 Å². The number of benzene rings is 6. The van der Waals surface area contributed by atoms with Gasteiger partial charge in [0, 0.05) is 23.6 Å². The molecule has 6 rings (SSSR count). The summed E-state index contributed by atoms with van der Waals surface area (Å²) in [5.41, 5.74) is 3.69. The van der Waals surface area contributed by atoms with E-state index in [4.69, 9.17) is 8.85 Å². The van der Waals surface area contributed by atoms with Gasteiger partial charge in [-0.3, -0.25) is 4.90 Å². The molecule has 59 heavy (non-hydrogen) atoms. The van der Waals surface area contributed by atoms with Gasteiger partial charge in [0.05, 0.1) is 6.61 Å². The van der Waals surface area contributed by atoms with Crippen LogP contribution in [0.15, 0.2) is 170 Å². The maximum atomic E-state index is 7.96. The van der Waals surface area contributed by atoms with E-state index in [9.17, 15) is 0 Å². The lowest BCUT2D eigenvalue weighted by molar-refractivity contribution is 0.170. The molecule has 0 N–H and O–H groups in total. The molecule has 0 aliphatic heterocycles. The monoisotopic (exact) mass is 817 g/mol. The van der Waals surface area contributed by atoms with Crippen LogP contribution in [-0.2, 0) is 11.0 Å². The van der Waals surface area contributed by atoms with Gasteiger partial charge in [-0.15, -0.1) is 0 Å². The van der Waals surface area contributed by atoms with Crippen LogP contribution in [0, 0.1) is 0 Å². The molecule has 0 fully saturated rings. The summed E-state index contributed by atoms with van der Waals surface area (Å²) in [6.07, 6.45) is 0.955. The minimum atomic E-state index is -2.96. The van der Waals surface area contributed by atoms with Crippen LogP contribution in [0.1, 0.15) is 98.3 Å². The van der Waals surface area contributed by atoms with E-state index in [1.807, 2.05) is 0 Å². The zero-order chi connectivity index (χ0) is 42.3. The second-order valence-electron chi connectivity index (χ2n) is 18.8. The van der Waals surface area contributed by atoms with Crippen molar-refractivity contribution in [3.63, 3.8) is 0 Å². The highest BCUT2D eigenvalue weighted by atomic mass is 28.4.